The Balaban J connectivity index is 2.25. The predicted octanol–water partition coefficient (Wildman–Crippen LogP) is 5.16. The minimum absolute atomic E-state index is 0.308. The molecule has 1 N–H and O–H groups in total. The fourth-order valence-corrected chi connectivity index (χ4v) is 3.63. The van der Waals surface area contributed by atoms with Crippen LogP contribution >= 0.6 is 27.3 Å². The van der Waals surface area contributed by atoms with Crippen LogP contribution in [0.2, 0.25) is 0 Å². The van der Waals surface area contributed by atoms with Crippen LogP contribution < -0.4 is 5.32 Å². The molecule has 0 spiro atoms. The highest BCUT2D eigenvalue weighted by atomic mass is 79.9. The Morgan fingerprint density at radius 1 is 1.11 bits per heavy atom. The third-order valence-corrected chi connectivity index (χ3v) is 4.89. The van der Waals surface area contributed by atoms with Gasteiger partial charge in [0.2, 0.25) is 0 Å². The molecule has 0 saturated heterocycles. The SMILES string of the molecule is CCCNC(c1ccc(CC)cc1)c1ccc(Br)s1. The van der Waals surface area contributed by atoms with Gasteiger partial charge in [0.05, 0.1) is 9.83 Å². The first kappa shape index (κ1) is 14.8. The summed E-state index contributed by atoms with van der Waals surface area (Å²) in [7, 11) is 0. The fourth-order valence-electron chi connectivity index (χ4n) is 2.10. The first-order valence-corrected chi connectivity index (χ1v) is 8.43. The van der Waals surface area contributed by atoms with E-state index in [9.17, 15) is 0 Å². The Labute approximate surface area is 128 Å². The number of thiophene rings is 1. The number of halogens is 1. The van der Waals surface area contributed by atoms with E-state index in [4.69, 9.17) is 0 Å². The van der Waals surface area contributed by atoms with Crippen molar-refractivity contribution in [3.8, 4) is 0 Å². The number of aryl methyl sites for hydroxylation is 1. The number of nitrogens with one attached hydrogen (secondary N) is 1. The minimum Gasteiger partial charge on any atom is -0.306 e. The van der Waals surface area contributed by atoms with Crippen molar-refractivity contribution >= 4 is 27.3 Å². The molecule has 2 rings (SSSR count). The standard InChI is InChI=1S/C16H20BrNS/c1-3-11-18-16(14-9-10-15(17)19-14)13-7-5-12(4-2)6-8-13/h5-10,16,18H,3-4,11H2,1-2H3. The molecule has 0 fully saturated rings. The van der Waals surface area contributed by atoms with E-state index in [1.165, 1.54) is 19.8 Å². The van der Waals surface area contributed by atoms with Gasteiger partial charge in [-0.15, -0.1) is 11.3 Å². The van der Waals surface area contributed by atoms with Crippen LogP contribution in [-0.2, 0) is 6.42 Å². The lowest BCUT2D eigenvalue weighted by Gasteiger charge is -2.18. The van der Waals surface area contributed by atoms with Crippen LogP contribution in [-0.4, -0.2) is 6.54 Å². The second-order valence-corrected chi connectivity index (χ2v) is 7.12. The highest BCUT2D eigenvalue weighted by Gasteiger charge is 2.15. The molecule has 102 valence electrons. The van der Waals surface area contributed by atoms with Crippen LogP contribution in [0.15, 0.2) is 40.2 Å². The van der Waals surface area contributed by atoms with Crippen LogP contribution in [0.3, 0.4) is 0 Å². The van der Waals surface area contributed by atoms with E-state index in [0.717, 1.165) is 19.4 Å². The zero-order valence-electron chi connectivity index (χ0n) is 11.4. The van der Waals surface area contributed by atoms with Gasteiger partial charge in [-0.1, -0.05) is 38.1 Å². The molecule has 0 radical (unpaired) electrons. The molecule has 1 atom stereocenters. The van der Waals surface area contributed by atoms with Crippen molar-refractivity contribution in [2.75, 3.05) is 6.54 Å². The Morgan fingerprint density at radius 3 is 2.37 bits per heavy atom. The van der Waals surface area contributed by atoms with Crippen LogP contribution in [0.4, 0.5) is 0 Å². The lowest BCUT2D eigenvalue weighted by Crippen LogP contribution is -2.22. The van der Waals surface area contributed by atoms with Crippen LogP contribution in [0.5, 0.6) is 0 Å². The molecule has 19 heavy (non-hydrogen) atoms. The average Bonchev–Trinajstić information content (AvgIpc) is 2.86. The molecule has 1 unspecified atom stereocenters. The first-order valence-electron chi connectivity index (χ1n) is 6.82. The molecule has 3 heteroatoms. The summed E-state index contributed by atoms with van der Waals surface area (Å²) in [6.45, 7) is 5.43. The van der Waals surface area contributed by atoms with E-state index in [2.05, 4.69) is 71.5 Å². The topological polar surface area (TPSA) is 12.0 Å². The quantitative estimate of drug-likeness (QED) is 0.767. The summed E-state index contributed by atoms with van der Waals surface area (Å²) in [5.41, 5.74) is 2.74. The van der Waals surface area contributed by atoms with Crippen molar-refractivity contribution in [1.29, 1.82) is 0 Å². The van der Waals surface area contributed by atoms with Crippen LogP contribution in [0.1, 0.15) is 42.3 Å². The number of benzene rings is 1. The maximum Gasteiger partial charge on any atom is 0.0702 e. The summed E-state index contributed by atoms with van der Waals surface area (Å²) in [6.07, 6.45) is 2.24. The van der Waals surface area contributed by atoms with Crippen LogP contribution in [0, 0.1) is 0 Å². The molecule has 0 aliphatic carbocycles. The highest BCUT2D eigenvalue weighted by Crippen LogP contribution is 2.31. The zero-order valence-corrected chi connectivity index (χ0v) is 13.9. The summed E-state index contributed by atoms with van der Waals surface area (Å²) in [5, 5.41) is 3.64. The lowest BCUT2D eigenvalue weighted by molar-refractivity contribution is 0.606. The smallest absolute Gasteiger partial charge is 0.0702 e. The monoisotopic (exact) mass is 337 g/mol. The van der Waals surface area contributed by atoms with Crippen LogP contribution in [0.25, 0.3) is 0 Å². The molecule has 0 aliphatic heterocycles. The van der Waals surface area contributed by atoms with Crippen molar-refractivity contribution in [3.63, 3.8) is 0 Å². The molecule has 0 aliphatic rings. The highest BCUT2D eigenvalue weighted by molar-refractivity contribution is 9.11. The number of rotatable bonds is 6. The molecule has 1 heterocycles. The summed E-state index contributed by atoms with van der Waals surface area (Å²) in [6, 6.07) is 13.6. The summed E-state index contributed by atoms with van der Waals surface area (Å²) in [4.78, 5) is 1.37. The van der Waals surface area contributed by atoms with Gasteiger partial charge in [-0.2, -0.15) is 0 Å². The maximum absolute atomic E-state index is 3.64. The van der Waals surface area contributed by atoms with E-state index in [0.29, 0.717) is 6.04 Å². The van der Waals surface area contributed by atoms with Gasteiger partial charge in [0, 0.05) is 4.88 Å². The van der Waals surface area contributed by atoms with Gasteiger partial charge in [0.1, 0.15) is 0 Å². The van der Waals surface area contributed by atoms with Gasteiger partial charge < -0.3 is 5.32 Å². The molecule has 1 aromatic heterocycles. The summed E-state index contributed by atoms with van der Waals surface area (Å²) >= 11 is 5.36. The van der Waals surface area contributed by atoms with Gasteiger partial charge >= 0.3 is 0 Å². The molecule has 0 amide bonds. The normalized spacial score (nSPS) is 12.6. The third kappa shape index (κ3) is 3.91. The number of hydrogen-bond acceptors (Lipinski definition) is 2. The largest absolute Gasteiger partial charge is 0.306 e. The van der Waals surface area contributed by atoms with Crippen molar-refractivity contribution in [1.82, 2.24) is 5.32 Å². The summed E-state index contributed by atoms with van der Waals surface area (Å²) in [5.74, 6) is 0. The molecule has 1 nitrogen and oxygen atoms in total. The van der Waals surface area contributed by atoms with Crippen molar-refractivity contribution < 1.29 is 0 Å². The minimum atomic E-state index is 0.308. The van der Waals surface area contributed by atoms with Gasteiger partial charge in [-0.25, -0.2) is 0 Å². The van der Waals surface area contributed by atoms with Gasteiger partial charge in [0.15, 0.2) is 0 Å². The van der Waals surface area contributed by atoms with Crippen molar-refractivity contribution in [3.05, 3.63) is 56.2 Å². The average molecular weight is 338 g/mol. The van der Waals surface area contributed by atoms with Gasteiger partial charge in [-0.3, -0.25) is 0 Å². The fraction of sp³-hybridized carbons (Fsp3) is 0.375. The summed E-state index contributed by atoms with van der Waals surface area (Å²) < 4.78 is 1.19. The molecule has 1 aromatic carbocycles. The molecular formula is C16H20BrNS. The molecule has 0 bridgehead atoms. The van der Waals surface area contributed by atoms with Gasteiger partial charge in [0.25, 0.3) is 0 Å². The molecule has 2 aromatic rings. The van der Waals surface area contributed by atoms with E-state index >= 15 is 0 Å². The number of hydrogen-bond donors (Lipinski definition) is 1. The van der Waals surface area contributed by atoms with E-state index < -0.39 is 0 Å². The van der Waals surface area contributed by atoms with E-state index in [1.54, 1.807) is 11.3 Å². The Kier molecular flexibility index (Phi) is 5.61. The predicted molar refractivity (Wildman–Crippen MR) is 88.0 cm³/mol. The second kappa shape index (κ2) is 7.22. The second-order valence-electron chi connectivity index (χ2n) is 4.62. The lowest BCUT2D eigenvalue weighted by atomic mass is 10.0. The molecule has 0 saturated carbocycles. The Morgan fingerprint density at radius 2 is 1.84 bits per heavy atom. The van der Waals surface area contributed by atoms with Gasteiger partial charge in [-0.05, 0) is 58.6 Å². The Hall–Kier alpha value is -0.640. The van der Waals surface area contributed by atoms with E-state index in [1.807, 2.05) is 0 Å². The molecular weight excluding hydrogens is 318 g/mol. The van der Waals surface area contributed by atoms with Crippen molar-refractivity contribution in [2.45, 2.75) is 32.7 Å². The Bertz CT molecular complexity index is 504. The first-order chi connectivity index (χ1) is 9.24. The van der Waals surface area contributed by atoms with E-state index in [-0.39, 0.29) is 0 Å². The maximum atomic E-state index is 3.64. The van der Waals surface area contributed by atoms with Crippen molar-refractivity contribution in [2.24, 2.45) is 0 Å². The third-order valence-electron chi connectivity index (χ3n) is 3.20. The zero-order chi connectivity index (χ0) is 13.7.